The maximum Gasteiger partial charge on any atom is 0.339 e. The number of aryl methyl sites for hydroxylation is 3. The highest BCUT2D eigenvalue weighted by molar-refractivity contribution is 7.87. The summed E-state index contributed by atoms with van der Waals surface area (Å²) in [7, 11) is -11.5. The molecule has 52 heavy (non-hydrogen) atoms. The summed E-state index contributed by atoms with van der Waals surface area (Å²) in [5, 5.41) is 0. The van der Waals surface area contributed by atoms with Crippen LogP contribution in [0, 0.1) is 26.7 Å². The zero-order chi connectivity index (χ0) is 37.2. The van der Waals surface area contributed by atoms with Crippen molar-refractivity contribution in [1.82, 2.24) is 4.90 Å². The SMILES string of the molecule is Cc1ccc(S(=O)(=O)OC2=CC3C4Cc5ccc(OS(=O)(=O)c6ccc(C)cc6)c(OS(=O)(=O)c6ccc(C)cc6)c5C3(CCN4C)CC2=O)cc1. The lowest BCUT2D eigenvalue weighted by Crippen LogP contribution is -2.60. The third kappa shape index (κ3) is 6.42. The highest BCUT2D eigenvalue weighted by Gasteiger charge is 2.57. The number of rotatable bonds is 9. The van der Waals surface area contributed by atoms with Crippen molar-refractivity contribution >= 4 is 36.1 Å². The molecule has 2 bridgehead atoms. The Morgan fingerprint density at radius 2 is 1.13 bits per heavy atom. The van der Waals surface area contributed by atoms with Crippen LogP contribution >= 0.6 is 0 Å². The number of Topliss-reactive ketones (excluding diaryl/α,β-unsaturated/α-hetero) is 1. The van der Waals surface area contributed by atoms with E-state index in [0.29, 0.717) is 30.5 Å². The third-order valence-corrected chi connectivity index (χ3v) is 14.0. The zero-order valence-electron chi connectivity index (χ0n) is 28.9. The van der Waals surface area contributed by atoms with Crippen molar-refractivity contribution in [3.8, 4) is 11.5 Å². The first-order valence-electron chi connectivity index (χ1n) is 16.6. The van der Waals surface area contributed by atoms with Crippen molar-refractivity contribution in [2.75, 3.05) is 13.6 Å². The molecule has 3 unspecified atom stereocenters. The smallest absolute Gasteiger partial charge is 0.339 e. The molecule has 272 valence electrons. The van der Waals surface area contributed by atoms with E-state index in [-0.39, 0.29) is 44.4 Å². The van der Waals surface area contributed by atoms with Crippen molar-refractivity contribution in [1.29, 1.82) is 0 Å². The maximum absolute atomic E-state index is 14.0. The highest BCUT2D eigenvalue weighted by Crippen LogP contribution is 2.58. The van der Waals surface area contributed by atoms with E-state index in [0.717, 1.165) is 16.7 Å². The number of likely N-dealkylation sites (tertiary alicyclic amines) is 1. The van der Waals surface area contributed by atoms with Gasteiger partial charge in [0.1, 0.15) is 14.7 Å². The molecule has 0 N–H and O–H groups in total. The quantitative estimate of drug-likeness (QED) is 0.198. The van der Waals surface area contributed by atoms with Crippen LogP contribution in [0.3, 0.4) is 0 Å². The normalized spacial score (nSPS) is 21.8. The molecule has 11 nitrogen and oxygen atoms in total. The summed E-state index contributed by atoms with van der Waals surface area (Å²) in [6, 6.07) is 20.9. The Balaban J connectivity index is 1.39. The molecule has 3 atom stereocenters. The van der Waals surface area contributed by atoms with Crippen LogP contribution in [0.2, 0.25) is 0 Å². The molecular weight excluding hydrogens is 727 g/mol. The van der Waals surface area contributed by atoms with Crippen LogP contribution in [0.5, 0.6) is 11.5 Å². The van der Waals surface area contributed by atoms with Crippen molar-refractivity contribution < 1.29 is 42.6 Å². The molecule has 0 aromatic heterocycles. The van der Waals surface area contributed by atoms with Gasteiger partial charge in [-0.25, -0.2) is 0 Å². The molecule has 4 aromatic carbocycles. The number of fused-ring (bicyclic) bond motifs is 1. The van der Waals surface area contributed by atoms with E-state index in [9.17, 15) is 30.0 Å². The minimum atomic E-state index is -4.56. The van der Waals surface area contributed by atoms with Gasteiger partial charge in [-0.3, -0.25) is 4.79 Å². The summed E-state index contributed by atoms with van der Waals surface area (Å²) in [4.78, 5) is 15.7. The maximum atomic E-state index is 14.0. The summed E-state index contributed by atoms with van der Waals surface area (Å²) >= 11 is 0. The van der Waals surface area contributed by atoms with Gasteiger partial charge in [-0.2, -0.15) is 25.3 Å². The topological polar surface area (TPSA) is 150 Å². The van der Waals surface area contributed by atoms with E-state index in [1.54, 1.807) is 49.4 Å². The van der Waals surface area contributed by atoms with Gasteiger partial charge in [-0.15, -0.1) is 0 Å². The van der Waals surface area contributed by atoms with Gasteiger partial charge in [0, 0.05) is 29.4 Å². The molecule has 2 aliphatic carbocycles. The Morgan fingerprint density at radius 1 is 0.654 bits per heavy atom. The largest absolute Gasteiger partial charge is 0.375 e. The number of allylic oxidation sites excluding steroid dienone is 1. The lowest BCUT2D eigenvalue weighted by atomic mass is 9.53. The molecular formula is C38H37NO10S3. The van der Waals surface area contributed by atoms with Crippen molar-refractivity contribution in [2.24, 2.45) is 5.92 Å². The van der Waals surface area contributed by atoms with Gasteiger partial charge in [0.15, 0.2) is 23.0 Å². The molecule has 7 rings (SSSR count). The fourth-order valence-electron chi connectivity index (χ4n) is 7.49. The molecule has 4 aromatic rings. The number of hydrogen-bond donors (Lipinski definition) is 0. The predicted octanol–water partition coefficient (Wildman–Crippen LogP) is 5.52. The van der Waals surface area contributed by atoms with Crippen molar-refractivity contribution in [3.63, 3.8) is 0 Å². The molecule has 0 amide bonds. The van der Waals surface area contributed by atoms with Crippen molar-refractivity contribution in [2.45, 2.75) is 66.2 Å². The lowest BCUT2D eigenvalue weighted by Gasteiger charge is -2.56. The van der Waals surface area contributed by atoms with Crippen LogP contribution < -0.4 is 8.37 Å². The van der Waals surface area contributed by atoms with E-state index in [2.05, 4.69) is 4.90 Å². The lowest BCUT2D eigenvalue weighted by molar-refractivity contribution is -0.121. The van der Waals surface area contributed by atoms with Gasteiger partial charge in [-0.05, 0) is 101 Å². The van der Waals surface area contributed by atoms with E-state index in [4.69, 9.17) is 12.5 Å². The summed E-state index contributed by atoms with van der Waals surface area (Å²) in [6.45, 7) is 5.94. The average Bonchev–Trinajstić information content (AvgIpc) is 3.08. The van der Waals surface area contributed by atoms with E-state index >= 15 is 0 Å². The number of carbonyl (C=O) groups excluding carboxylic acids is 1. The van der Waals surface area contributed by atoms with Gasteiger partial charge in [0.2, 0.25) is 0 Å². The summed E-state index contributed by atoms with van der Waals surface area (Å²) in [5.74, 6) is -2.17. The molecule has 1 fully saturated rings. The van der Waals surface area contributed by atoms with Gasteiger partial charge in [-0.1, -0.05) is 59.2 Å². The fourth-order valence-corrected chi connectivity index (χ4v) is 10.3. The van der Waals surface area contributed by atoms with Crippen LogP contribution in [0.25, 0.3) is 0 Å². The van der Waals surface area contributed by atoms with E-state index in [1.165, 1.54) is 48.5 Å². The molecule has 1 heterocycles. The first-order chi connectivity index (χ1) is 24.5. The van der Waals surface area contributed by atoms with Crippen molar-refractivity contribution in [3.05, 3.63) is 125 Å². The van der Waals surface area contributed by atoms with Gasteiger partial charge >= 0.3 is 30.4 Å². The Bertz CT molecular complexity index is 2440. The second kappa shape index (κ2) is 12.9. The Kier molecular flexibility index (Phi) is 8.88. The minimum absolute atomic E-state index is 0.105. The first-order valence-corrected chi connectivity index (χ1v) is 20.9. The molecule has 3 aliphatic rings. The molecule has 0 radical (unpaired) electrons. The molecule has 14 heteroatoms. The fraction of sp³-hybridized carbons (Fsp3) is 0.289. The monoisotopic (exact) mass is 763 g/mol. The van der Waals surface area contributed by atoms with Gasteiger partial charge in [0.05, 0.1) is 0 Å². The molecule has 0 spiro atoms. The predicted molar refractivity (Wildman–Crippen MR) is 191 cm³/mol. The summed E-state index contributed by atoms with van der Waals surface area (Å²) < 4.78 is 98.9. The van der Waals surface area contributed by atoms with Gasteiger partial charge < -0.3 is 17.4 Å². The van der Waals surface area contributed by atoms with E-state index in [1.807, 2.05) is 20.9 Å². The van der Waals surface area contributed by atoms with Crippen LogP contribution in [-0.2, 0) is 51.2 Å². The average molecular weight is 764 g/mol. The zero-order valence-corrected chi connectivity index (χ0v) is 31.3. The number of likely N-dealkylation sites (N-methyl/N-ethyl adjacent to an activating group) is 1. The van der Waals surface area contributed by atoms with Crippen LogP contribution in [0.1, 0.15) is 40.7 Å². The Labute approximate surface area is 304 Å². The molecule has 1 saturated heterocycles. The number of piperidine rings is 1. The second-order valence-electron chi connectivity index (χ2n) is 13.8. The Hall–Kier alpha value is -4.50. The van der Waals surface area contributed by atoms with E-state index < -0.39 is 47.5 Å². The second-order valence-corrected chi connectivity index (χ2v) is 18.4. The number of ketones is 1. The first kappa shape index (κ1) is 35.9. The number of benzene rings is 4. The number of hydrogen-bond acceptors (Lipinski definition) is 11. The molecule has 1 aliphatic heterocycles. The van der Waals surface area contributed by atoms with Crippen LogP contribution in [0.4, 0.5) is 0 Å². The Morgan fingerprint density at radius 3 is 1.65 bits per heavy atom. The summed E-state index contributed by atoms with van der Waals surface area (Å²) in [5.41, 5.74) is 2.36. The standard InChI is InChI=1S/C38H37NO10S3/c1-24-5-12-28(13-6-24)50(41,42)47-34-18-11-27-21-32-31-22-35(48-51(43,44)29-14-7-25(2)8-15-29)33(40)23-38(31,19-20-39(32)4)36(27)37(34)49-52(45,46)30-16-9-26(3)10-17-30/h5-18,22,31-32H,19-21,23H2,1-4H3. The number of carbonyl (C=O) groups is 1. The van der Waals surface area contributed by atoms with Crippen LogP contribution in [0.15, 0.2) is 111 Å². The minimum Gasteiger partial charge on any atom is -0.375 e. The highest BCUT2D eigenvalue weighted by atomic mass is 32.2. The molecule has 0 saturated carbocycles. The van der Waals surface area contributed by atoms with Gasteiger partial charge in [0.25, 0.3) is 0 Å². The number of nitrogens with zero attached hydrogens (tertiary/aromatic N) is 1. The van der Waals surface area contributed by atoms with Crippen LogP contribution in [-0.4, -0.2) is 55.6 Å². The summed E-state index contributed by atoms with van der Waals surface area (Å²) in [6.07, 6.45) is 1.97. The third-order valence-electron chi connectivity index (χ3n) is 10.3.